The molecular weight excluding hydrogens is 590 g/mol. The maximum Gasteiger partial charge on any atom is 0.353 e. The van der Waals surface area contributed by atoms with Crippen molar-refractivity contribution in [2.45, 2.75) is 63.8 Å². The lowest BCUT2D eigenvalue weighted by Crippen LogP contribution is -2.71. The van der Waals surface area contributed by atoms with Gasteiger partial charge in [0, 0.05) is 22.9 Å². The number of β-lactam (4-membered cyclic amide) rings is 1. The van der Waals surface area contributed by atoms with Crippen molar-refractivity contribution in [3.8, 4) is 0 Å². The van der Waals surface area contributed by atoms with Crippen molar-refractivity contribution in [2.75, 3.05) is 17.2 Å². The molecule has 42 heavy (non-hydrogen) atoms. The first-order chi connectivity index (χ1) is 19.5. The number of nitrogens with one attached hydrogen (secondary N) is 1. The monoisotopic (exact) mass is 621 g/mol. The highest BCUT2D eigenvalue weighted by Gasteiger charge is 2.53. The molecule has 0 bridgehead atoms. The number of oxime groups is 1. The summed E-state index contributed by atoms with van der Waals surface area (Å²) in [6, 6.07) is 0.567. The second-order valence-electron chi connectivity index (χ2n) is 11.0. The molecule has 2 amide bonds. The number of hydrogen-bond donors (Lipinski definition) is 3. The Morgan fingerprint density at radius 3 is 2.50 bits per heavy atom. The van der Waals surface area contributed by atoms with Crippen molar-refractivity contribution in [1.82, 2.24) is 24.3 Å². The molecule has 0 aliphatic carbocycles. The van der Waals surface area contributed by atoms with Crippen molar-refractivity contribution >= 4 is 63.7 Å². The number of carbonyl (C=O) groups excluding carboxylic acids is 4. The summed E-state index contributed by atoms with van der Waals surface area (Å²) in [4.78, 5) is 61.7. The van der Waals surface area contributed by atoms with Gasteiger partial charge in [-0.3, -0.25) is 14.5 Å². The van der Waals surface area contributed by atoms with Gasteiger partial charge in [0.05, 0.1) is 24.8 Å². The summed E-state index contributed by atoms with van der Waals surface area (Å²) < 4.78 is 12.7. The van der Waals surface area contributed by atoms with Gasteiger partial charge in [-0.1, -0.05) is 5.16 Å². The normalized spacial score (nSPS) is 19.2. The number of fused-ring (bicyclic) bond motifs is 1. The van der Waals surface area contributed by atoms with E-state index in [2.05, 4.69) is 19.8 Å². The van der Waals surface area contributed by atoms with E-state index >= 15 is 0 Å². The van der Waals surface area contributed by atoms with Crippen molar-refractivity contribution in [2.24, 2.45) is 12.2 Å². The number of ether oxygens (including phenoxy) is 1. The molecule has 0 saturated carbocycles. The zero-order valence-corrected chi connectivity index (χ0v) is 25.4. The van der Waals surface area contributed by atoms with E-state index in [1.165, 1.54) is 25.6 Å². The van der Waals surface area contributed by atoms with Crippen molar-refractivity contribution < 1.29 is 38.5 Å². The Balaban J connectivity index is 1.55. The maximum atomic E-state index is 13.4. The number of carboxylic acid groups (broad SMARTS) is 1. The third-order valence-corrected chi connectivity index (χ3v) is 8.06. The minimum absolute atomic E-state index is 0.0414. The quantitative estimate of drug-likeness (QED) is 0.0934. The van der Waals surface area contributed by atoms with E-state index in [9.17, 15) is 24.3 Å². The van der Waals surface area contributed by atoms with Crippen molar-refractivity contribution in [3.63, 3.8) is 0 Å². The lowest BCUT2D eigenvalue weighted by atomic mass is 10.0. The van der Waals surface area contributed by atoms with E-state index in [-0.39, 0.29) is 29.0 Å². The number of carbonyl (C=O) groups is 4. The van der Waals surface area contributed by atoms with Gasteiger partial charge in [-0.05, 0) is 34.6 Å². The largest absolute Gasteiger partial charge is 0.543 e. The molecule has 1 saturated heterocycles. The molecule has 2 aromatic heterocycles. The van der Waals surface area contributed by atoms with Crippen molar-refractivity contribution in [1.29, 1.82) is 0 Å². The van der Waals surface area contributed by atoms with Crippen molar-refractivity contribution in [3.05, 3.63) is 29.4 Å². The lowest BCUT2D eigenvalue weighted by Gasteiger charge is -2.50. The molecule has 2 aliphatic heterocycles. The minimum atomic E-state index is -1.60. The Morgan fingerprint density at radius 1 is 1.26 bits per heavy atom. The van der Waals surface area contributed by atoms with E-state index < -0.39 is 52.1 Å². The number of anilines is 2. The van der Waals surface area contributed by atoms with Crippen LogP contribution in [0.3, 0.4) is 0 Å². The number of nitrogens with two attached hydrogens (primary N) is 2. The molecule has 16 nitrogen and oxygen atoms in total. The zero-order chi connectivity index (χ0) is 31.1. The number of esters is 1. The number of carboxylic acids is 1. The maximum absolute atomic E-state index is 13.4. The molecule has 1 fully saturated rings. The third kappa shape index (κ3) is 6.18. The Bertz CT molecular complexity index is 1510. The first-order valence-electron chi connectivity index (χ1n) is 12.6. The lowest BCUT2D eigenvalue weighted by molar-refractivity contribution is -0.765. The molecule has 18 heteroatoms. The van der Waals surface area contributed by atoms with Crippen LogP contribution in [-0.2, 0) is 42.3 Å². The molecule has 0 aromatic carbocycles. The molecule has 2 atom stereocenters. The smallest absolute Gasteiger partial charge is 0.353 e. The Morgan fingerprint density at radius 2 is 1.95 bits per heavy atom. The topological polar surface area (TPSA) is 224 Å². The molecule has 0 spiro atoms. The highest BCUT2D eigenvalue weighted by molar-refractivity contribution is 8.00. The van der Waals surface area contributed by atoms with Crippen LogP contribution in [-0.4, -0.2) is 76.8 Å². The van der Waals surface area contributed by atoms with Crippen LogP contribution in [0.5, 0.6) is 0 Å². The van der Waals surface area contributed by atoms with Crippen LogP contribution in [0.4, 0.5) is 10.9 Å². The van der Waals surface area contributed by atoms with Gasteiger partial charge in [0.15, 0.2) is 23.7 Å². The SMILES string of the molecule is Cn1c(N)cc[n+]1CC1=C(C(=O)[O-])N2C(=O)[C@@H](NC(=O)C(=NOC(C)(C)C(=O)OC(C)(C)C)c3nsc(N)n3)[C@H]2SC1. The van der Waals surface area contributed by atoms with Crippen LogP contribution < -0.4 is 26.6 Å². The molecule has 5 N–H and O–H groups in total. The fraction of sp³-hybridized carbons (Fsp3) is 0.500. The molecular formula is C24H31N9O7S2. The third-order valence-electron chi connectivity index (χ3n) is 6.18. The van der Waals surface area contributed by atoms with Crippen LogP contribution >= 0.6 is 23.3 Å². The molecule has 4 rings (SSSR count). The molecule has 2 aromatic rings. The first kappa shape index (κ1) is 30.8. The highest BCUT2D eigenvalue weighted by Crippen LogP contribution is 2.40. The van der Waals surface area contributed by atoms with Crippen LogP contribution in [0, 0.1) is 0 Å². The zero-order valence-electron chi connectivity index (χ0n) is 23.7. The van der Waals surface area contributed by atoms with Crippen LogP contribution in [0.15, 0.2) is 28.7 Å². The number of thioether (sulfide) groups is 1. The standard InChI is InChI=1S/C24H31N9O7S2/c1-23(2,3)39-21(38)24(4,5)40-29-13(16-28-22(26)42-30-16)17(34)27-14-18(35)33-15(20(36)37)11(10-41-19(14)33)9-32-8-7-12(25)31(32)6/h7-8,14,19,25H,9-10H2,1-6H3,(H4,26,27,28,30,34,36,37)/t14-,19-/m1/s1. The molecule has 0 unspecified atom stereocenters. The van der Waals surface area contributed by atoms with Crippen LogP contribution in [0.1, 0.15) is 40.4 Å². The van der Waals surface area contributed by atoms with Gasteiger partial charge in [-0.25, -0.2) is 4.79 Å². The fourth-order valence-electron chi connectivity index (χ4n) is 3.99. The number of hydrogen-bond acceptors (Lipinski definition) is 14. The van der Waals surface area contributed by atoms with E-state index in [1.54, 1.807) is 49.4 Å². The molecule has 0 radical (unpaired) electrons. The van der Waals surface area contributed by atoms with Gasteiger partial charge < -0.3 is 36.3 Å². The van der Waals surface area contributed by atoms with Crippen LogP contribution in [0.2, 0.25) is 0 Å². The molecule has 2 aliphatic rings. The van der Waals surface area contributed by atoms with Gasteiger partial charge >= 0.3 is 5.97 Å². The summed E-state index contributed by atoms with van der Waals surface area (Å²) in [5.41, 5.74) is 8.90. The van der Waals surface area contributed by atoms with E-state index in [0.717, 1.165) is 16.4 Å². The minimum Gasteiger partial charge on any atom is -0.543 e. The predicted octanol–water partition coefficient (Wildman–Crippen LogP) is -1.73. The summed E-state index contributed by atoms with van der Waals surface area (Å²) >= 11 is 2.07. The predicted molar refractivity (Wildman–Crippen MR) is 149 cm³/mol. The summed E-state index contributed by atoms with van der Waals surface area (Å²) in [7, 11) is 1.72. The second-order valence-corrected chi connectivity index (χ2v) is 12.9. The Kier molecular flexibility index (Phi) is 8.23. The average molecular weight is 622 g/mol. The Hall–Kier alpha value is -4.19. The Labute approximate surface area is 248 Å². The fourth-order valence-corrected chi connectivity index (χ4v) is 5.76. The summed E-state index contributed by atoms with van der Waals surface area (Å²) in [6.07, 6.45) is 1.69. The summed E-state index contributed by atoms with van der Waals surface area (Å²) in [6.45, 7) is 8.04. The molecule has 4 heterocycles. The number of aliphatic carboxylic acids is 1. The number of amides is 2. The van der Waals surface area contributed by atoms with Crippen LogP contribution in [0.25, 0.3) is 0 Å². The summed E-state index contributed by atoms with van der Waals surface area (Å²) in [5, 5.41) is 17.8. The number of aromatic nitrogens is 4. The average Bonchev–Trinajstić information content (AvgIpc) is 3.46. The number of nitrogens with zero attached hydrogens (tertiary/aromatic N) is 6. The second kappa shape index (κ2) is 11.2. The van der Waals surface area contributed by atoms with E-state index in [4.69, 9.17) is 21.0 Å². The van der Waals surface area contributed by atoms with Gasteiger partial charge in [0.1, 0.15) is 17.0 Å². The highest BCUT2D eigenvalue weighted by atomic mass is 32.2. The molecule has 226 valence electrons. The van der Waals surface area contributed by atoms with E-state index in [0.29, 0.717) is 11.4 Å². The van der Waals surface area contributed by atoms with Gasteiger partial charge in [-0.15, -0.1) is 21.1 Å². The number of rotatable bonds is 9. The number of nitrogen functional groups attached to an aromatic ring is 2. The van der Waals surface area contributed by atoms with Gasteiger partial charge in [0.2, 0.25) is 17.1 Å². The van der Waals surface area contributed by atoms with Gasteiger partial charge in [0.25, 0.3) is 11.8 Å². The van der Waals surface area contributed by atoms with Gasteiger partial charge in [-0.2, -0.15) is 9.36 Å². The van der Waals surface area contributed by atoms with E-state index in [1.807, 2.05) is 0 Å². The first-order valence-corrected chi connectivity index (χ1v) is 14.4. The summed E-state index contributed by atoms with van der Waals surface area (Å²) in [5.74, 6) is -3.27.